The molecule has 0 N–H and O–H groups in total. The van der Waals surface area contributed by atoms with Gasteiger partial charge in [0.25, 0.3) is 5.69 Å². The number of nitro groups is 1. The second-order valence-corrected chi connectivity index (χ2v) is 5.77. The molecule has 0 heterocycles. The molecular weight excluding hydrogens is 310 g/mol. The van der Waals surface area contributed by atoms with Crippen LogP contribution in [0.15, 0.2) is 18.2 Å². The first kappa shape index (κ1) is 18.1. The first-order valence-corrected chi connectivity index (χ1v) is 8.34. The van der Waals surface area contributed by atoms with Crippen molar-refractivity contribution in [3.63, 3.8) is 0 Å². The van der Waals surface area contributed by atoms with Crippen molar-refractivity contribution >= 4 is 29.9 Å². The summed E-state index contributed by atoms with van der Waals surface area (Å²) in [5.74, 6) is 1.56. The van der Waals surface area contributed by atoms with Crippen LogP contribution in [0.2, 0.25) is 5.02 Å². The minimum Gasteiger partial charge on any atom is -0.494 e. The summed E-state index contributed by atoms with van der Waals surface area (Å²) in [6.07, 6.45) is 8.35. The Labute approximate surface area is 136 Å². The molecule has 21 heavy (non-hydrogen) atoms. The molecule has 1 rings (SSSR count). The highest BCUT2D eigenvalue weighted by molar-refractivity contribution is 7.80. The Hall–Kier alpha value is -0.940. The number of hydrogen-bond acceptors (Lipinski definition) is 4. The molecule has 1 aromatic carbocycles. The maximum Gasteiger partial charge on any atom is 0.288 e. The van der Waals surface area contributed by atoms with E-state index in [2.05, 4.69) is 12.6 Å². The van der Waals surface area contributed by atoms with Gasteiger partial charge in [-0.1, -0.05) is 43.7 Å². The van der Waals surface area contributed by atoms with Crippen molar-refractivity contribution in [1.29, 1.82) is 0 Å². The molecule has 118 valence electrons. The lowest BCUT2D eigenvalue weighted by Gasteiger charge is -2.06. The number of nitro benzene ring substituents is 1. The van der Waals surface area contributed by atoms with E-state index in [1.165, 1.54) is 44.2 Å². The average Bonchev–Trinajstić information content (AvgIpc) is 2.45. The van der Waals surface area contributed by atoms with Gasteiger partial charge < -0.3 is 4.74 Å². The van der Waals surface area contributed by atoms with Gasteiger partial charge in [-0.3, -0.25) is 10.1 Å². The second-order valence-electron chi connectivity index (χ2n) is 4.92. The Bertz CT molecular complexity index is 443. The fraction of sp³-hybridized carbons (Fsp3) is 0.600. The average molecular weight is 332 g/mol. The zero-order valence-electron chi connectivity index (χ0n) is 12.1. The lowest BCUT2D eigenvalue weighted by atomic mass is 10.1. The van der Waals surface area contributed by atoms with E-state index in [1.807, 2.05) is 0 Å². The molecule has 0 spiro atoms. The zero-order valence-corrected chi connectivity index (χ0v) is 13.7. The molecule has 0 aromatic heterocycles. The molecule has 0 radical (unpaired) electrons. The van der Waals surface area contributed by atoms with Crippen LogP contribution >= 0.6 is 24.2 Å². The summed E-state index contributed by atoms with van der Waals surface area (Å²) in [5.41, 5.74) is -0.0924. The molecule has 0 aliphatic heterocycles. The summed E-state index contributed by atoms with van der Waals surface area (Å²) < 4.78 is 5.55. The van der Waals surface area contributed by atoms with Crippen molar-refractivity contribution in [2.75, 3.05) is 12.4 Å². The minimum absolute atomic E-state index is 0.0924. The maximum atomic E-state index is 10.6. The number of hydrogen-bond donors (Lipinski definition) is 1. The Morgan fingerprint density at radius 3 is 2.29 bits per heavy atom. The van der Waals surface area contributed by atoms with Gasteiger partial charge in [0.2, 0.25) is 0 Å². The van der Waals surface area contributed by atoms with Crippen LogP contribution in [0.25, 0.3) is 0 Å². The van der Waals surface area contributed by atoms with Crippen molar-refractivity contribution in [2.24, 2.45) is 0 Å². The number of ether oxygens (including phenoxy) is 1. The van der Waals surface area contributed by atoms with Crippen LogP contribution in [0.4, 0.5) is 5.69 Å². The van der Waals surface area contributed by atoms with Crippen molar-refractivity contribution in [1.82, 2.24) is 0 Å². The van der Waals surface area contributed by atoms with Crippen LogP contribution in [-0.4, -0.2) is 17.3 Å². The molecule has 0 fully saturated rings. The molecule has 0 aliphatic carbocycles. The fourth-order valence-corrected chi connectivity index (χ4v) is 2.48. The number of nitrogens with zero attached hydrogens (tertiary/aromatic N) is 1. The molecule has 0 amide bonds. The summed E-state index contributed by atoms with van der Waals surface area (Å²) in [7, 11) is 0. The highest BCUT2D eigenvalue weighted by Gasteiger charge is 2.12. The van der Waals surface area contributed by atoms with Crippen LogP contribution in [0.1, 0.15) is 44.9 Å². The molecule has 0 unspecified atom stereocenters. The van der Waals surface area contributed by atoms with Gasteiger partial charge in [-0.15, -0.1) is 0 Å². The van der Waals surface area contributed by atoms with Crippen LogP contribution in [0.5, 0.6) is 5.75 Å². The quantitative estimate of drug-likeness (QED) is 0.259. The normalized spacial score (nSPS) is 10.6. The standard InChI is InChI=1S/C15H22ClNO3S/c16-14-12-13(8-9-15(14)17(18)19)20-10-6-4-2-1-3-5-7-11-21/h8-9,12,21H,1-7,10-11H2. The number of halogens is 1. The van der Waals surface area contributed by atoms with Crippen LogP contribution < -0.4 is 4.74 Å². The molecule has 4 nitrogen and oxygen atoms in total. The smallest absolute Gasteiger partial charge is 0.288 e. The van der Waals surface area contributed by atoms with Crippen molar-refractivity contribution in [3.05, 3.63) is 33.3 Å². The van der Waals surface area contributed by atoms with E-state index >= 15 is 0 Å². The summed E-state index contributed by atoms with van der Waals surface area (Å²) in [6.45, 7) is 0.616. The SMILES string of the molecule is O=[N+]([O-])c1ccc(OCCCCCCCCCS)cc1Cl. The van der Waals surface area contributed by atoms with Gasteiger partial charge in [0.05, 0.1) is 11.5 Å². The Kier molecular flexibility index (Phi) is 9.26. The monoisotopic (exact) mass is 331 g/mol. The Morgan fingerprint density at radius 2 is 1.71 bits per heavy atom. The third-order valence-corrected chi connectivity index (χ3v) is 3.81. The second kappa shape index (κ2) is 10.7. The number of rotatable bonds is 11. The molecule has 0 bridgehead atoms. The van der Waals surface area contributed by atoms with Crippen LogP contribution in [0.3, 0.4) is 0 Å². The fourth-order valence-electron chi connectivity index (χ4n) is 2.01. The van der Waals surface area contributed by atoms with Gasteiger partial charge in [0.1, 0.15) is 10.8 Å². The molecule has 6 heteroatoms. The predicted octanol–water partition coefficient (Wildman–Crippen LogP) is 5.29. The highest BCUT2D eigenvalue weighted by Crippen LogP contribution is 2.28. The highest BCUT2D eigenvalue weighted by atomic mass is 35.5. The van der Waals surface area contributed by atoms with Gasteiger partial charge >= 0.3 is 0 Å². The van der Waals surface area contributed by atoms with Gasteiger partial charge in [-0.2, -0.15) is 12.6 Å². The molecular formula is C15H22ClNO3S. The first-order chi connectivity index (χ1) is 10.1. The van der Waals surface area contributed by atoms with Crippen molar-refractivity contribution in [2.45, 2.75) is 44.9 Å². The van der Waals surface area contributed by atoms with Gasteiger partial charge in [0, 0.05) is 12.1 Å². The van der Waals surface area contributed by atoms with Crippen molar-refractivity contribution in [3.8, 4) is 5.75 Å². The van der Waals surface area contributed by atoms with E-state index in [-0.39, 0.29) is 10.7 Å². The van der Waals surface area contributed by atoms with E-state index in [0.717, 1.165) is 18.6 Å². The molecule has 0 atom stereocenters. The van der Waals surface area contributed by atoms with E-state index in [9.17, 15) is 10.1 Å². The van der Waals surface area contributed by atoms with Gasteiger partial charge in [0.15, 0.2) is 0 Å². The number of benzene rings is 1. The number of unbranched alkanes of at least 4 members (excludes halogenated alkanes) is 6. The first-order valence-electron chi connectivity index (χ1n) is 7.32. The van der Waals surface area contributed by atoms with Crippen LogP contribution in [0, 0.1) is 10.1 Å². The van der Waals surface area contributed by atoms with Crippen molar-refractivity contribution < 1.29 is 9.66 Å². The third kappa shape index (κ3) is 7.58. The lowest BCUT2D eigenvalue weighted by Crippen LogP contribution is -1.98. The summed E-state index contributed by atoms with van der Waals surface area (Å²) in [4.78, 5) is 10.1. The van der Waals surface area contributed by atoms with E-state index < -0.39 is 4.92 Å². The molecule has 0 saturated heterocycles. The predicted molar refractivity (Wildman–Crippen MR) is 89.8 cm³/mol. The summed E-state index contributed by atoms with van der Waals surface area (Å²) in [6, 6.07) is 4.46. The van der Waals surface area contributed by atoms with E-state index in [4.69, 9.17) is 16.3 Å². The zero-order chi connectivity index (χ0) is 15.5. The Balaban J connectivity index is 2.13. The molecule has 0 aliphatic rings. The van der Waals surface area contributed by atoms with E-state index in [0.29, 0.717) is 12.4 Å². The topological polar surface area (TPSA) is 52.4 Å². The maximum absolute atomic E-state index is 10.6. The summed E-state index contributed by atoms with van der Waals surface area (Å²) >= 11 is 10.0. The van der Waals surface area contributed by atoms with Crippen LogP contribution in [-0.2, 0) is 0 Å². The minimum atomic E-state index is -0.500. The van der Waals surface area contributed by atoms with E-state index in [1.54, 1.807) is 6.07 Å². The molecule has 1 aromatic rings. The lowest BCUT2D eigenvalue weighted by molar-refractivity contribution is -0.384. The largest absolute Gasteiger partial charge is 0.494 e. The third-order valence-electron chi connectivity index (χ3n) is 3.19. The van der Waals surface area contributed by atoms with Gasteiger partial charge in [-0.05, 0) is 24.7 Å². The number of thiol groups is 1. The van der Waals surface area contributed by atoms with Gasteiger partial charge in [-0.25, -0.2) is 0 Å². The Morgan fingerprint density at radius 1 is 1.10 bits per heavy atom. The molecule has 0 saturated carbocycles. The summed E-state index contributed by atoms with van der Waals surface area (Å²) in [5, 5.41) is 10.7.